The molecule has 1 unspecified atom stereocenters. The predicted octanol–water partition coefficient (Wildman–Crippen LogP) is 3.32. The number of ether oxygens (including phenoxy) is 2. The highest BCUT2D eigenvalue weighted by molar-refractivity contribution is 6.30. The van der Waals surface area contributed by atoms with E-state index in [9.17, 15) is 9.59 Å². The molecule has 0 saturated heterocycles. The van der Waals surface area contributed by atoms with Crippen molar-refractivity contribution in [2.24, 2.45) is 5.92 Å². The van der Waals surface area contributed by atoms with Gasteiger partial charge in [0.2, 0.25) is 18.6 Å². The molecular formula is C20H19ClN2O4. The first-order valence-electron chi connectivity index (χ1n) is 8.83. The van der Waals surface area contributed by atoms with Gasteiger partial charge in [-0.15, -0.1) is 0 Å². The average molecular weight is 387 g/mol. The van der Waals surface area contributed by atoms with Crippen molar-refractivity contribution < 1.29 is 19.1 Å². The Morgan fingerprint density at radius 3 is 2.56 bits per heavy atom. The number of hydrogen-bond acceptors (Lipinski definition) is 4. The number of halogens is 1. The lowest BCUT2D eigenvalue weighted by Crippen LogP contribution is -2.36. The van der Waals surface area contributed by atoms with Gasteiger partial charge in [0.15, 0.2) is 11.5 Å². The van der Waals surface area contributed by atoms with Gasteiger partial charge in [-0.3, -0.25) is 9.59 Å². The van der Waals surface area contributed by atoms with E-state index in [0.717, 1.165) is 18.4 Å². The Kier molecular flexibility index (Phi) is 4.90. The molecule has 0 radical (unpaired) electrons. The lowest BCUT2D eigenvalue weighted by Gasteiger charge is -2.17. The third-order valence-electron chi connectivity index (χ3n) is 4.68. The first kappa shape index (κ1) is 17.7. The van der Waals surface area contributed by atoms with Crippen molar-refractivity contribution in [1.29, 1.82) is 0 Å². The minimum absolute atomic E-state index is 0.0932. The standard InChI is InChI=1S/C20H19ClN2O4/c21-14-5-3-13(4-6-14)19(12-1-2-12)20(25)22-10-18(24)23-15-7-8-16-17(9-15)27-11-26-16/h3-9,12,19H,1-2,10-11H2,(H,22,25)(H,23,24). The average Bonchev–Trinajstić information content (AvgIpc) is 3.38. The summed E-state index contributed by atoms with van der Waals surface area (Å²) in [6.45, 7) is 0.0835. The Labute approximate surface area is 161 Å². The van der Waals surface area contributed by atoms with Crippen LogP contribution in [0.25, 0.3) is 0 Å². The normalized spacial score (nSPS) is 15.9. The van der Waals surface area contributed by atoms with Crippen LogP contribution in [0.3, 0.4) is 0 Å². The van der Waals surface area contributed by atoms with Crippen LogP contribution in [0.1, 0.15) is 24.3 Å². The van der Waals surface area contributed by atoms with Gasteiger partial charge in [-0.25, -0.2) is 0 Å². The van der Waals surface area contributed by atoms with Crippen LogP contribution < -0.4 is 20.1 Å². The van der Waals surface area contributed by atoms with Crippen molar-refractivity contribution in [3.05, 3.63) is 53.1 Å². The van der Waals surface area contributed by atoms with Gasteiger partial charge >= 0.3 is 0 Å². The molecule has 7 heteroatoms. The molecule has 2 aromatic rings. The third-order valence-corrected chi connectivity index (χ3v) is 4.94. The fourth-order valence-electron chi connectivity index (χ4n) is 3.19. The third kappa shape index (κ3) is 4.17. The molecule has 2 aromatic carbocycles. The maximum atomic E-state index is 12.7. The van der Waals surface area contributed by atoms with Gasteiger partial charge in [0.1, 0.15) is 0 Å². The summed E-state index contributed by atoms with van der Waals surface area (Å²) in [6, 6.07) is 12.5. The van der Waals surface area contributed by atoms with Crippen molar-refractivity contribution in [2.45, 2.75) is 18.8 Å². The van der Waals surface area contributed by atoms with Crippen LogP contribution in [0.5, 0.6) is 11.5 Å². The maximum Gasteiger partial charge on any atom is 0.243 e. The zero-order valence-corrected chi connectivity index (χ0v) is 15.3. The molecule has 0 aromatic heterocycles. The van der Waals surface area contributed by atoms with E-state index in [4.69, 9.17) is 21.1 Å². The molecule has 1 heterocycles. The topological polar surface area (TPSA) is 76.7 Å². The SMILES string of the molecule is O=C(CNC(=O)C(c1ccc(Cl)cc1)C1CC1)Nc1ccc2c(c1)OCO2. The van der Waals surface area contributed by atoms with Gasteiger partial charge in [-0.05, 0) is 48.6 Å². The van der Waals surface area contributed by atoms with Crippen LogP contribution in [-0.2, 0) is 9.59 Å². The van der Waals surface area contributed by atoms with Crippen molar-refractivity contribution in [2.75, 3.05) is 18.7 Å². The van der Waals surface area contributed by atoms with E-state index in [1.807, 2.05) is 12.1 Å². The minimum Gasteiger partial charge on any atom is -0.454 e. The van der Waals surface area contributed by atoms with Gasteiger partial charge in [-0.1, -0.05) is 23.7 Å². The Balaban J connectivity index is 1.34. The quantitative estimate of drug-likeness (QED) is 0.798. The summed E-state index contributed by atoms with van der Waals surface area (Å²) in [5, 5.41) is 6.14. The molecule has 1 fully saturated rings. The molecule has 27 heavy (non-hydrogen) atoms. The van der Waals surface area contributed by atoms with Crippen LogP contribution in [0.4, 0.5) is 5.69 Å². The number of nitrogens with one attached hydrogen (secondary N) is 2. The number of amides is 2. The van der Waals surface area contributed by atoms with Gasteiger partial charge in [0.05, 0.1) is 12.5 Å². The van der Waals surface area contributed by atoms with Crippen molar-refractivity contribution in [3.63, 3.8) is 0 Å². The molecule has 1 aliphatic carbocycles. The summed E-state index contributed by atoms with van der Waals surface area (Å²) in [5.74, 6) is 0.877. The highest BCUT2D eigenvalue weighted by atomic mass is 35.5. The molecule has 4 rings (SSSR count). The number of fused-ring (bicyclic) bond motifs is 1. The second-order valence-corrected chi connectivity index (χ2v) is 7.14. The van der Waals surface area contributed by atoms with Gasteiger partial charge < -0.3 is 20.1 Å². The number of carbonyl (C=O) groups is 2. The molecule has 140 valence electrons. The van der Waals surface area contributed by atoms with E-state index in [0.29, 0.717) is 28.1 Å². The smallest absolute Gasteiger partial charge is 0.243 e. The monoisotopic (exact) mass is 386 g/mol. The summed E-state index contributed by atoms with van der Waals surface area (Å²) in [7, 11) is 0. The summed E-state index contributed by atoms with van der Waals surface area (Å²) in [5.41, 5.74) is 1.52. The Bertz CT molecular complexity index is 865. The molecule has 1 atom stereocenters. The van der Waals surface area contributed by atoms with Gasteiger partial charge in [0.25, 0.3) is 0 Å². The Morgan fingerprint density at radius 2 is 1.81 bits per heavy atom. The van der Waals surface area contributed by atoms with Crippen LogP contribution >= 0.6 is 11.6 Å². The first-order chi connectivity index (χ1) is 13.1. The molecule has 0 spiro atoms. The fraction of sp³-hybridized carbons (Fsp3) is 0.300. The van der Waals surface area contributed by atoms with Crippen molar-refractivity contribution >= 4 is 29.1 Å². The predicted molar refractivity (Wildman–Crippen MR) is 101 cm³/mol. The molecule has 0 bridgehead atoms. The van der Waals surface area contributed by atoms with E-state index < -0.39 is 0 Å². The molecule has 1 aliphatic heterocycles. The van der Waals surface area contributed by atoms with Crippen molar-refractivity contribution in [3.8, 4) is 11.5 Å². The summed E-state index contributed by atoms with van der Waals surface area (Å²) in [4.78, 5) is 24.9. The second-order valence-electron chi connectivity index (χ2n) is 6.70. The minimum atomic E-state index is -0.298. The van der Waals surface area contributed by atoms with Crippen LogP contribution in [0, 0.1) is 5.92 Å². The Morgan fingerprint density at radius 1 is 1.07 bits per heavy atom. The maximum absolute atomic E-state index is 12.7. The molecule has 2 aliphatic rings. The van der Waals surface area contributed by atoms with Crippen LogP contribution in [-0.4, -0.2) is 25.2 Å². The lowest BCUT2D eigenvalue weighted by atomic mass is 9.93. The highest BCUT2D eigenvalue weighted by Gasteiger charge is 2.37. The van der Waals surface area contributed by atoms with Gasteiger partial charge in [0, 0.05) is 16.8 Å². The molecule has 1 saturated carbocycles. The zero-order chi connectivity index (χ0) is 18.8. The second kappa shape index (κ2) is 7.48. The molecule has 6 nitrogen and oxygen atoms in total. The number of anilines is 1. The Hall–Kier alpha value is -2.73. The number of carbonyl (C=O) groups excluding carboxylic acids is 2. The van der Waals surface area contributed by atoms with E-state index in [-0.39, 0.29) is 31.1 Å². The first-order valence-corrected chi connectivity index (χ1v) is 9.20. The van der Waals surface area contributed by atoms with Crippen LogP contribution in [0.15, 0.2) is 42.5 Å². The summed E-state index contributed by atoms with van der Waals surface area (Å²) >= 11 is 5.94. The van der Waals surface area contributed by atoms with E-state index in [1.165, 1.54) is 0 Å². The molecule has 2 amide bonds. The molecule has 2 N–H and O–H groups in total. The lowest BCUT2D eigenvalue weighted by molar-refractivity contribution is -0.125. The number of rotatable bonds is 6. The van der Waals surface area contributed by atoms with Crippen molar-refractivity contribution in [1.82, 2.24) is 5.32 Å². The summed E-state index contributed by atoms with van der Waals surface area (Å²) < 4.78 is 10.5. The number of hydrogen-bond donors (Lipinski definition) is 2. The largest absolute Gasteiger partial charge is 0.454 e. The number of benzene rings is 2. The zero-order valence-electron chi connectivity index (χ0n) is 14.5. The fourth-order valence-corrected chi connectivity index (χ4v) is 3.32. The van der Waals surface area contributed by atoms with E-state index in [1.54, 1.807) is 30.3 Å². The van der Waals surface area contributed by atoms with Crippen LogP contribution in [0.2, 0.25) is 5.02 Å². The highest BCUT2D eigenvalue weighted by Crippen LogP contribution is 2.43. The molecular weight excluding hydrogens is 368 g/mol. The summed E-state index contributed by atoms with van der Waals surface area (Å²) in [6.07, 6.45) is 2.04. The van der Waals surface area contributed by atoms with E-state index in [2.05, 4.69) is 10.6 Å². The van der Waals surface area contributed by atoms with Gasteiger partial charge in [-0.2, -0.15) is 0 Å². The van der Waals surface area contributed by atoms with E-state index >= 15 is 0 Å².